The summed E-state index contributed by atoms with van der Waals surface area (Å²) >= 11 is 0. The van der Waals surface area contributed by atoms with Crippen LogP contribution < -0.4 is 5.56 Å². The highest BCUT2D eigenvalue weighted by Gasteiger charge is 2.18. The summed E-state index contributed by atoms with van der Waals surface area (Å²) in [4.78, 5) is 29.9. The maximum Gasteiger partial charge on any atom is 0.360 e. The van der Waals surface area contributed by atoms with E-state index >= 15 is 0 Å². The zero-order valence-corrected chi connectivity index (χ0v) is 15.1. The summed E-state index contributed by atoms with van der Waals surface area (Å²) in [5, 5.41) is 19.4. The molecule has 25 heavy (non-hydrogen) atoms. The van der Waals surface area contributed by atoms with Crippen LogP contribution in [0.1, 0.15) is 34.5 Å². The lowest BCUT2D eigenvalue weighted by molar-refractivity contribution is 0.0688. The molecule has 1 atom stereocenters. The number of aryl methyl sites for hydroxylation is 3. The first kappa shape index (κ1) is 19.1. The zero-order valence-electron chi connectivity index (χ0n) is 15.1. The van der Waals surface area contributed by atoms with E-state index in [0.717, 1.165) is 17.7 Å². The Bertz CT molecular complexity index is 842. The van der Waals surface area contributed by atoms with E-state index in [4.69, 9.17) is 0 Å². The van der Waals surface area contributed by atoms with E-state index in [1.54, 1.807) is 6.07 Å². The van der Waals surface area contributed by atoms with E-state index < -0.39 is 23.3 Å². The predicted octanol–water partition coefficient (Wildman–Crippen LogP) is 1.41. The lowest BCUT2D eigenvalue weighted by Crippen LogP contribution is -2.30. The Labute approximate surface area is 146 Å². The van der Waals surface area contributed by atoms with Crippen molar-refractivity contribution in [1.29, 1.82) is 0 Å². The third-order valence-corrected chi connectivity index (χ3v) is 4.36. The molecule has 1 aromatic carbocycles. The number of aromatic nitrogens is 2. The second-order valence-corrected chi connectivity index (χ2v) is 6.68. The molecule has 2 rings (SSSR count). The minimum absolute atomic E-state index is 0.245. The largest absolute Gasteiger partial charge is 0.476 e. The maximum absolute atomic E-state index is 12.5. The average Bonchev–Trinajstić information content (AvgIpc) is 2.53. The number of aliphatic hydroxyl groups is 1. The first-order chi connectivity index (χ1) is 11.7. The molecular weight excluding hydrogens is 322 g/mol. The number of carboxylic acids is 1. The molecule has 0 saturated heterocycles. The number of rotatable bonds is 7. The van der Waals surface area contributed by atoms with E-state index in [-0.39, 0.29) is 6.54 Å². The average molecular weight is 347 g/mol. The molecule has 7 heteroatoms. The molecule has 0 fully saturated rings. The fraction of sp³-hybridized carbons (Fsp3) is 0.500. The minimum Gasteiger partial charge on any atom is -0.476 e. The Morgan fingerprint density at radius 1 is 1.24 bits per heavy atom. The van der Waals surface area contributed by atoms with E-state index in [0.29, 0.717) is 23.9 Å². The van der Waals surface area contributed by atoms with Crippen LogP contribution in [0.5, 0.6) is 0 Å². The van der Waals surface area contributed by atoms with E-state index in [1.165, 1.54) is 4.57 Å². The smallest absolute Gasteiger partial charge is 0.360 e. The standard InChI is InChI=1S/C18H25N3O4/c1-11-9-14-15(10-12(11)2)21(17(23)16(19-14)18(24)25)8-6-13(22)5-7-20(3)4/h9-10,13,22H,5-8H2,1-4H3,(H,24,25). The van der Waals surface area contributed by atoms with Gasteiger partial charge in [-0.25, -0.2) is 9.78 Å². The number of carboxylic acid groups (broad SMARTS) is 1. The molecule has 0 saturated carbocycles. The molecule has 0 bridgehead atoms. The molecule has 0 aliphatic carbocycles. The third-order valence-electron chi connectivity index (χ3n) is 4.36. The van der Waals surface area contributed by atoms with Crippen molar-refractivity contribution in [1.82, 2.24) is 14.5 Å². The second-order valence-electron chi connectivity index (χ2n) is 6.68. The summed E-state index contributed by atoms with van der Waals surface area (Å²) in [6.45, 7) is 4.83. The number of benzene rings is 1. The van der Waals surface area contributed by atoms with Gasteiger partial charge in [-0.15, -0.1) is 0 Å². The minimum atomic E-state index is -1.34. The van der Waals surface area contributed by atoms with Crippen LogP contribution in [0.15, 0.2) is 16.9 Å². The summed E-state index contributed by atoms with van der Waals surface area (Å²) in [6, 6.07) is 3.63. The van der Waals surface area contributed by atoms with Crippen molar-refractivity contribution in [3.05, 3.63) is 39.3 Å². The molecule has 2 aromatic rings. The summed E-state index contributed by atoms with van der Waals surface area (Å²) in [5.41, 5.74) is 1.92. The number of hydrogen-bond acceptors (Lipinski definition) is 5. The number of hydrogen-bond donors (Lipinski definition) is 2. The van der Waals surface area contributed by atoms with Gasteiger partial charge in [-0.1, -0.05) is 0 Å². The first-order valence-corrected chi connectivity index (χ1v) is 8.28. The Morgan fingerprint density at radius 3 is 2.48 bits per heavy atom. The fourth-order valence-electron chi connectivity index (χ4n) is 2.69. The molecule has 7 nitrogen and oxygen atoms in total. The highest BCUT2D eigenvalue weighted by Crippen LogP contribution is 2.18. The molecule has 1 unspecified atom stereocenters. The van der Waals surface area contributed by atoms with Gasteiger partial charge in [0.05, 0.1) is 17.1 Å². The molecule has 0 aliphatic rings. The normalized spacial score (nSPS) is 12.7. The molecular formula is C18H25N3O4. The van der Waals surface area contributed by atoms with Crippen molar-refractivity contribution >= 4 is 17.0 Å². The van der Waals surface area contributed by atoms with Crippen LogP contribution in [0.2, 0.25) is 0 Å². The van der Waals surface area contributed by atoms with Crippen molar-refractivity contribution in [2.45, 2.75) is 39.3 Å². The summed E-state index contributed by atoms with van der Waals surface area (Å²) in [7, 11) is 3.86. The van der Waals surface area contributed by atoms with E-state index in [1.807, 2.05) is 38.9 Å². The van der Waals surface area contributed by atoms with Crippen LogP contribution >= 0.6 is 0 Å². The summed E-state index contributed by atoms with van der Waals surface area (Å²) < 4.78 is 1.41. The molecule has 0 amide bonds. The SMILES string of the molecule is Cc1cc2nc(C(=O)O)c(=O)n(CCC(O)CCN(C)C)c2cc1C. The number of nitrogens with zero attached hydrogens (tertiary/aromatic N) is 3. The molecule has 1 aromatic heterocycles. The van der Waals surface area contributed by atoms with Gasteiger partial charge < -0.3 is 19.7 Å². The monoisotopic (exact) mass is 347 g/mol. The summed E-state index contributed by atoms with van der Waals surface area (Å²) in [6.07, 6.45) is 0.408. The number of carbonyl (C=O) groups is 1. The van der Waals surface area contributed by atoms with Gasteiger partial charge >= 0.3 is 5.97 Å². The van der Waals surface area contributed by atoms with Gasteiger partial charge in [-0.05, 0) is 70.6 Å². The second kappa shape index (κ2) is 7.76. The zero-order chi connectivity index (χ0) is 18.7. The highest BCUT2D eigenvalue weighted by atomic mass is 16.4. The molecule has 0 aliphatic heterocycles. The van der Waals surface area contributed by atoms with Crippen LogP contribution in [0.4, 0.5) is 0 Å². The van der Waals surface area contributed by atoms with Crippen LogP contribution in [0.3, 0.4) is 0 Å². The molecule has 1 heterocycles. The molecule has 0 radical (unpaired) electrons. The van der Waals surface area contributed by atoms with Crippen molar-refractivity contribution in [2.24, 2.45) is 0 Å². The fourth-order valence-corrected chi connectivity index (χ4v) is 2.69. The Balaban J connectivity index is 2.42. The molecule has 2 N–H and O–H groups in total. The topological polar surface area (TPSA) is 95.7 Å². The number of aliphatic hydroxyl groups excluding tert-OH is 1. The van der Waals surface area contributed by atoms with Gasteiger partial charge in [0.2, 0.25) is 5.69 Å². The van der Waals surface area contributed by atoms with Gasteiger partial charge in [0.1, 0.15) is 0 Å². The summed E-state index contributed by atoms with van der Waals surface area (Å²) in [5.74, 6) is -1.34. The van der Waals surface area contributed by atoms with Crippen molar-refractivity contribution in [2.75, 3.05) is 20.6 Å². The van der Waals surface area contributed by atoms with Crippen LogP contribution in [0, 0.1) is 13.8 Å². The van der Waals surface area contributed by atoms with Crippen LogP contribution in [0.25, 0.3) is 11.0 Å². The molecule has 0 spiro atoms. The van der Waals surface area contributed by atoms with Crippen molar-refractivity contribution in [3.8, 4) is 0 Å². The molecule has 136 valence electrons. The van der Waals surface area contributed by atoms with Gasteiger partial charge in [0, 0.05) is 6.54 Å². The van der Waals surface area contributed by atoms with Gasteiger partial charge in [-0.3, -0.25) is 4.79 Å². The first-order valence-electron chi connectivity index (χ1n) is 8.28. The highest BCUT2D eigenvalue weighted by molar-refractivity contribution is 5.88. The van der Waals surface area contributed by atoms with Crippen LogP contribution in [-0.4, -0.2) is 57.4 Å². The Morgan fingerprint density at radius 2 is 1.88 bits per heavy atom. The van der Waals surface area contributed by atoms with Crippen molar-refractivity contribution in [3.63, 3.8) is 0 Å². The lowest BCUT2D eigenvalue weighted by atomic mass is 10.1. The quantitative estimate of drug-likeness (QED) is 0.786. The van der Waals surface area contributed by atoms with Gasteiger partial charge in [0.15, 0.2) is 0 Å². The maximum atomic E-state index is 12.5. The van der Waals surface area contributed by atoms with Gasteiger partial charge in [-0.2, -0.15) is 0 Å². The van der Waals surface area contributed by atoms with Gasteiger partial charge in [0.25, 0.3) is 5.56 Å². The van der Waals surface area contributed by atoms with Crippen molar-refractivity contribution < 1.29 is 15.0 Å². The van der Waals surface area contributed by atoms with Crippen LogP contribution in [-0.2, 0) is 6.54 Å². The Hall–Kier alpha value is -2.25. The number of fused-ring (bicyclic) bond motifs is 1. The number of aromatic carboxylic acids is 1. The third kappa shape index (κ3) is 4.43. The lowest BCUT2D eigenvalue weighted by Gasteiger charge is -2.17. The van der Waals surface area contributed by atoms with E-state index in [2.05, 4.69) is 4.98 Å². The predicted molar refractivity (Wildman–Crippen MR) is 96.2 cm³/mol. The van der Waals surface area contributed by atoms with E-state index in [9.17, 15) is 19.8 Å². The Kier molecular flexibility index (Phi) is 5.92.